The van der Waals surface area contributed by atoms with Gasteiger partial charge in [0.1, 0.15) is 0 Å². The SMILES string of the molecule is C#CC.C=C(CC)CC/C=C\C. The number of hydrogen-bond donors (Lipinski definition) is 0. The minimum atomic E-state index is 1.12. The van der Waals surface area contributed by atoms with Gasteiger partial charge in [-0.05, 0) is 33.1 Å². The van der Waals surface area contributed by atoms with Crippen molar-refractivity contribution in [1.82, 2.24) is 0 Å². The summed E-state index contributed by atoms with van der Waals surface area (Å²) < 4.78 is 0. The number of terminal acetylenes is 1. The van der Waals surface area contributed by atoms with Crippen molar-refractivity contribution in [3.05, 3.63) is 24.3 Å². The molecule has 0 bridgehead atoms. The largest absolute Gasteiger partial charge is 0.120 e. The third kappa shape index (κ3) is 16.0. The van der Waals surface area contributed by atoms with Crippen molar-refractivity contribution in [1.29, 1.82) is 0 Å². The number of rotatable bonds is 4. The van der Waals surface area contributed by atoms with Gasteiger partial charge in [0.15, 0.2) is 0 Å². The maximum Gasteiger partial charge on any atom is -0.00297 e. The summed E-state index contributed by atoms with van der Waals surface area (Å²) in [5.41, 5.74) is 1.35. The molecule has 0 N–H and O–H groups in total. The second kappa shape index (κ2) is 12.7. The zero-order chi connectivity index (χ0) is 9.82. The van der Waals surface area contributed by atoms with Gasteiger partial charge in [0.2, 0.25) is 0 Å². The Morgan fingerprint density at radius 2 is 2.08 bits per heavy atom. The van der Waals surface area contributed by atoms with Gasteiger partial charge in [-0.25, -0.2) is 0 Å². The number of hydrogen-bond acceptors (Lipinski definition) is 0. The first-order chi connectivity index (χ1) is 5.72. The molecule has 12 heavy (non-hydrogen) atoms. The van der Waals surface area contributed by atoms with Crippen LogP contribution in [0.5, 0.6) is 0 Å². The first kappa shape index (κ1) is 13.6. The maximum atomic E-state index is 4.60. The van der Waals surface area contributed by atoms with E-state index in [1.165, 1.54) is 5.57 Å². The summed E-state index contributed by atoms with van der Waals surface area (Å²) in [6.07, 6.45) is 12.3. The lowest BCUT2D eigenvalue weighted by Gasteiger charge is -1.95. The molecule has 0 aromatic rings. The Morgan fingerprint density at radius 3 is 2.42 bits per heavy atom. The normalized spacial score (nSPS) is 8.50. The lowest BCUT2D eigenvalue weighted by Crippen LogP contribution is -1.75. The molecule has 0 aliphatic carbocycles. The van der Waals surface area contributed by atoms with Gasteiger partial charge in [-0.15, -0.1) is 12.3 Å². The van der Waals surface area contributed by atoms with Crippen molar-refractivity contribution >= 4 is 0 Å². The average Bonchev–Trinajstić information content (AvgIpc) is 2.06. The van der Waals surface area contributed by atoms with Crippen molar-refractivity contribution in [3.8, 4) is 12.3 Å². The molecule has 0 amide bonds. The van der Waals surface area contributed by atoms with Crippen molar-refractivity contribution in [2.24, 2.45) is 0 Å². The van der Waals surface area contributed by atoms with E-state index in [-0.39, 0.29) is 0 Å². The van der Waals surface area contributed by atoms with Crippen LogP contribution in [0.25, 0.3) is 0 Å². The Morgan fingerprint density at radius 1 is 1.58 bits per heavy atom. The quantitative estimate of drug-likeness (QED) is 0.436. The summed E-state index contributed by atoms with van der Waals surface area (Å²) in [4.78, 5) is 0. The lowest BCUT2D eigenvalue weighted by atomic mass is 10.1. The lowest BCUT2D eigenvalue weighted by molar-refractivity contribution is 0.914. The van der Waals surface area contributed by atoms with Gasteiger partial charge in [0.25, 0.3) is 0 Å². The monoisotopic (exact) mass is 164 g/mol. The predicted octanol–water partition coefficient (Wildman–Crippen LogP) is 3.95. The Balaban J connectivity index is 0. The van der Waals surface area contributed by atoms with E-state index in [9.17, 15) is 0 Å². The van der Waals surface area contributed by atoms with E-state index in [4.69, 9.17) is 0 Å². The molecular weight excluding hydrogens is 144 g/mol. The maximum absolute atomic E-state index is 4.60. The van der Waals surface area contributed by atoms with Crippen molar-refractivity contribution in [2.45, 2.75) is 40.0 Å². The van der Waals surface area contributed by atoms with E-state index in [2.05, 4.69) is 44.9 Å². The van der Waals surface area contributed by atoms with Crippen LogP contribution >= 0.6 is 0 Å². The molecule has 0 rings (SSSR count). The molecule has 0 aliphatic heterocycles. The molecule has 0 aliphatic rings. The van der Waals surface area contributed by atoms with E-state index >= 15 is 0 Å². The summed E-state index contributed by atoms with van der Waals surface area (Å²) in [5, 5.41) is 0. The highest BCUT2D eigenvalue weighted by atomic mass is 13.9. The van der Waals surface area contributed by atoms with Gasteiger partial charge in [-0.2, -0.15) is 0 Å². The van der Waals surface area contributed by atoms with E-state index in [1.807, 2.05) is 0 Å². The van der Waals surface area contributed by atoms with E-state index in [1.54, 1.807) is 6.92 Å². The molecule has 0 aromatic heterocycles. The number of allylic oxidation sites excluding steroid dienone is 3. The van der Waals surface area contributed by atoms with E-state index < -0.39 is 0 Å². The molecule has 0 saturated heterocycles. The topological polar surface area (TPSA) is 0 Å². The first-order valence-corrected chi connectivity index (χ1v) is 4.38. The van der Waals surface area contributed by atoms with Crippen LogP contribution in [0, 0.1) is 12.3 Å². The van der Waals surface area contributed by atoms with E-state index in [0.717, 1.165) is 19.3 Å². The summed E-state index contributed by atoms with van der Waals surface area (Å²) in [6, 6.07) is 0. The Labute approximate surface area is 77.4 Å². The van der Waals surface area contributed by atoms with Crippen LogP contribution in [0.1, 0.15) is 40.0 Å². The molecule has 0 radical (unpaired) electrons. The second-order valence-corrected chi connectivity index (χ2v) is 2.50. The zero-order valence-electron chi connectivity index (χ0n) is 8.56. The van der Waals surface area contributed by atoms with Gasteiger partial charge in [-0.3, -0.25) is 0 Å². The summed E-state index contributed by atoms with van der Waals surface area (Å²) >= 11 is 0. The third-order valence-corrected chi connectivity index (χ3v) is 1.40. The standard InChI is InChI=1S/C9H16.C3H4/c1-4-6-7-8-9(3)5-2;1-3-2/h4,6H,3,5,7-8H2,1-2H3;1H,2H3/b6-4-;. The van der Waals surface area contributed by atoms with Crippen LogP contribution in [0.3, 0.4) is 0 Å². The average molecular weight is 164 g/mol. The summed E-state index contributed by atoms with van der Waals surface area (Å²) in [7, 11) is 0. The fraction of sp³-hybridized carbons (Fsp3) is 0.500. The fourth-order valence-corrected chi connectivity index (χ4v) is 0.631. The van der Waals surface area contributed by atoms with Crippen LogP contribution < -0.4 is 0 Å². The van der Waals surface area contributed by atoms with Crippen LogP contribution in [-0.2, 0) is 0 Å². The fourth-order valence-electron chi connectivity index (χ4n) is 0.631. The zero-order valence-corrected chi connectivity index (χ0v) is 8.56. The summed E-state index contributed by atoms with van der Waals surface area (Å²) in [6.45, 7) is 9.76. The van der Waals surface area contributed by atoms with Crippen molar-refractivity contribution < 1.29 is 0 Å². The van der Waals surface area contributed by atoms with Gasteiger partial charge in [0, 0.05) is 0 Å². The molecule has 0 aromatic carbocycles. The molecule has 0 fully saturated rings. The highest BCUT2D eigenvalue weighted by Crippen LogP contribution is 2.05. The molecule has 0 heterocycles. The van der Waals surface area contributed by atoms with Crippen LogP contribution in [0.15, 0.2) is 24.3 Å². The van der Waals surface area contributed by atoms with Crippen molar-refractivity contribution in [3.63, 3.8) is 0 Å². The highest BCUT2D eigenvalue weighted by molar-refractivity contribution is 4.95. The smallest absolute Gasteiger partial charge is 0.00297 e. The van der Waals surface area contributed by atoms with Gasteiger partial charge in [-0.1, -0.05) is 31.2 Å². The molecule has 0 heteroatoms. The minimum absolute atomic E-state index is 1.12. The minimum Gasteiger partial charge on any atom is -0.120 e. The molecule has 0 atom stereocenters. The second-order valence-electron chi connectivity index (χ2n) is 2.50. The Bertz CT molecular complexity index is 155. The summed E-state index contributed by atoms with van der Waals surface area (Å²) in [5.74, 6) is 2.25. The first-order valence-electron chi connectivity index (χ1n) is 4.38. The Kier molecular flexibility index (Phi) is 14.4. The third-order valence-electron chi connectivity index (χ3n) is 1.40. The van der Waals surface area contributed by atoms with Gasteiger partial charge >= 0.3 is 0 Å². The molecule has 0 spiro atoms. The molecule has 0 unspecified atom stereocenters. The molecule has 0 saturated carbocycles. The predicted molar refractivity (Wildman–Crippen MR) is 58.0 cm³/mol. The van der Waals surface area contributed by atoms with Crippen LogP contribution in [0.2, 0.25) is 0 Å². The molecular formula is C12H20. The highest BCUT2D eigenvalue weighted by Gasteiger charge is 1.85. The van der Waals surface area contributed by atoms with E-state index in [0.29, 0.717) is 0 Å². The van der Waals surface area contributed by atoms with Gasteiger partial charge in [0.05, 0.1) is 0 Å². The van der Waals surface area contributed by atoms with Crippen LogP contribution in [-0.4, -0.2) is 0 Å². The Hall–Kier alpha value is -0.960. The van der Waals surface area contributed by atoms with Gasteiger partial charge < -0.3 is 0 Å². The molecule has 68 valence electrons. The van der Waals surface area contributed by atoms with Crippen LogP contribution in [0.4, 0.5) is 0 Å². The van der Waals surface area contributed by atoms with Crippen molar-refractivity contribution in [2.75, 3.05) is 0 Å². The molecule has 0 nitrogen and oxygen atoms in total.